The van der Waals surface area contributed by atoms with Crippen molar-refractivity contribution in [3.05, 3.63) is 29.3 Å². The van der Waals surface area contributed by atoms with Gasteiger partial charge in [-0.05, 0) is 36.0 Å². The van der Waals surface area contributed by atoms with Gasteiger partial charge in [-0.15, -0.1) is 0 Å². The smallest absolute Gasteiger partial charge is 0.118 e. The molecule has 0 saturated carbocycles. The molecule has 0 aromatic heterocycles. The van der Waals surface area contributed by atoms with Gasteiger partial charge in [-0.25, -0.2) is 0 Å². The first kappa shape index (κ1) is 10.1. The zero-order valence-corrected chi connectivity index (χ0v) is 8.83. The summed E-state index contributed by atoms with van der Waals surface area (Å²) in [6.45, 7) is 8.50. The van der Waals surface area contributed by atoms with Crippen molar-refractivity contribution in [3.63, 3.8) is 0 Å². The lowest BCUT2D eigenvalue weighted by Crippen LogP contribution is -2.01. The number of benzene rings is 1. The standard InChI is InChI=1S/C12H18O/c1-8(2)10(4)11-6-5-9(3)12(13)7-11/h5-8,10,13H,1-4H3. The molecule has 0 fully saturated rings. The Morgan fingerprint density at radius 2 is 1.77 bits per heavy atom. The van der Waals surface area contributed by atoms with E-state index in [4.69, 9.17) is 0 Å². The summed E-state index contributed by atoms with van der Waals surface area (Å²) in [5.74, 6) is 1.53. The number of aryl methyl sites for hydroxylation is 1. The van der Waals surface area contributed by atoms with E-state index in [1.165, 1.54) is 5.56 Å². The summed E-state index contributed by atoms with van der Waals surface area (Å²) in [4.78, 5) is 0. The molecule has 0 spiro atoms. The highest BCUT2D eigenvalue weighted by Gasteiger charge is 2.10. The third-order valence-electron chi connectivity index (χ3n) is 2.76. The van der Waals surface area contributed by atoms with Gasteiger partial charge in [0.2, 0.25) is 0 Å². The first-order chi connectivity index (χ1) is 6.02. The van der Waals surface area contributed by atoms with E-state index in [1.807, 2.05) is 19.1 Å². The highest BCUT2D eigenvalue weighted by atomic mass is 16.3. The Balaban J connectivity index is 2.97. The monoisotopic (exact) mass is 178 g/mol. The van der Waals surface area contributed by atoms with Crippen LogP contribution in [0, 0.1) is 12.8 Å². The second-order valence-corrected chi connectivity index (χ2v) is 4.08. The Labute approximate surface area is 80.4 Å². The van der Waals surface area contributed by atoms with Crippen molar-refractivity contribution in [2.24, 2.45) is 5.92 Å². The van der Waals surface area contributed by atoms with Crippen LogP contribution < -0.4 is 0 Å². The molecular weight excluding hydrogens is 160 g/mol. The molecule has 0 aliphatic rings. The Hall–Kier alpha value is -0.980. The molecule has 1 atom stereocenters. The molecule has 1 N–H and O–H groups in total. The maximum atomic E-state index is 9.53. The van der Waals surface area contributed by atoms with Crippen LogP contribution in [-0.2, 0) is 0 Å². The van der Waals surface area contributed by atoms with Gasteiger partial charge in [0.15, 0.2) is 0 Å². The molecule has 0 aliphatic carbocycles. The minimum atomic E-state index is 0.407. The average molecular weight is 178 g/mol. The van der Waals surface area contributed by atoms with Crippen LogP contribution in [0.25, 0.3) is 0 Å². The van der Waals surface area contributed by atoms with E-state index in [0.717, 1.165) is 5.56 Å². The molecular formula is C12H18O. The van der Waals surface area contributed by atoms with Gasteiger partial charge in [0, 0.05) is 0 Å². The summed E-state index contributed by atoms with van der Waals surface area (Å²) in [5.41, 5.74) is 2.16. The van der Waals surface area contributed by atoms with Crippen molar-refractivity contribution in [2.45, 2.75) is 33.6 Å². The van der Waals surface area contributed by atoms with Gasteiger partial charge in [0.25, 0.3) is 0 Å². The lowest BCUT2D eigenvalue weighted by molar-refractivity contribution is 0.466. The van der Waals surface area contributed by atoms with Crippen molar-refractivity contribution >= 4 is 0 Å². The van der Waals surface area contributed by atoms with Gasteiger partial charge in [0.05, 0.1) is 0 Å². The molecule has 0 radical (unpaired) electrons. The Morgan fingerprint density at radius 1 is 1.15 bits per heavy atom. The van der Waals surface area contributed by atoms with Crippen molar-refractivity contribution in [3.8, 4) is 5.75 Å². The summed E-state index contributed by atoms with van der Waals surface area (Å²) in [6, 6.07) is 5.95. The van der Waals surface area contributed by atoms with Gasteiger partial charge in [-0.3, -0.25) is 0 Å². The molecule has 0 bridgehead atoms. The first-order valence-corrected chi connectivity index (χ1v) is 4.82. The summed E-state index contributed by atoms with van der Waals surface area (Å²) >= 11 is 0. The number of hydrogen-bond donors (Lipinski definition) is 1. The van der Waals surface area contributed by atoms with E-state index in [-0.39, 0.29) is 0 Å². The molecule has 1 aromatic carbocycles. The van der Waals surface area contributed by atoms with E-state index in [0.29, 0.717) is 17.6 Å². The molecule has 1 unspecified atom stereocenters. The highest BCUT2D eigenvalue weighted by Crippen LogP contribution is 2.27. The van der Waals surface area contributed by atoms with Crippen LogP contribution in [0.3, 0.4) is 0 Å². The van der Waals surface area contributed by atoms with Gasteiger partial charge >= 0.3 is 0 Å². The Kier molecular flexibility index (Phi) is 2.97. The molecule has 1 aromatic rings. The van der Waals surface area contributed by atoms with Gasteiger partial charge in [-0.2, -0.15) is 0 Å². The lowest BCUT2D eigenvalue weighted by atomic mass is 9.90. The van der Waals surface area contributed by atoms with Crippen LogP contribution >= 0.6 is 0 Å². The maximum Gasteiger partial charge on any atom is 0.118 e. The minimum absolute atomic E-state index is 0.407. The van der Waals surface area contributed by atoms with Crippen molar-refractivity contribution in [1.82, 2.24) is 0 Å². The van der Waals surface area contributed by atoms with E-state index in [1.54, 1.807) is 0 Å². The fourth-order valence-corrected chi connectivity index (χ4v) is 1.29. The molecule has 0 saturated heterocycles. The molecule has 0 heterocycles. The predicted octanol–water partition coefficient (Wildman–Crippen LogP) is 3.46. The fourth-order valence-electron chi connectivity index (χ4n) is 1.29. The Morgan fingerprint density at radius 3 is 2.23 bits per heavy atom. The average Bonchev–Trinajstić information content (AvgIpc) is 2.08. The van der Waals surface area contributed by atoms with Crippen LogP contribution in [0.1, 0.15) is 37.8 Å². The SMILES string of the molecule is Cc1ccc(C(C)C(C)C)cc1O. The zero-order valence-electron chi connectivity index (χ0n) is 8.83. The molecule has 1 rings (SSSR count). The summed E-state index contributed by atoms with van der Waals surface area (Å²) in [7, 11) is 0. The fraction of sp³-hybridized carbons (Fsp3) is 0.500. The van der Waals surface area contributed by atoms with Gasteiger partial charge in [0.1, 0.15) is 5.75 Å². The molecule has 0 aliphatic heterocycles. The number of hydrogen-bond acceptors (Lipinski definition) is 1. The highest BCUT2D eigenvalue weighted by molar-refractivity contribution is 5.36. The van der Waals surface area contributed by atoms with Crippen molar-refractivity contribution in [1.29, 1.82) is 0 Å². The van der Waals surface area contributed by atoms with Crippen LogP contribution in [0.4, 0.5) is 0 Å². The van der Waals surface area contributed by atoms with E-state index in [9.17, 15) is 5.11 Å². The Bertz CT molecular complexity index is 289. The molecule has 13 heavy (non-hydrogen) atoms. The van der Waals surface area contributed by atoms with Crippen molar-refractivity contribution < 1.29 is 5.11 Å². The predicted molar refractivity (Wildman–Crippen MR) is 56.1 cm³/mol. The van der Waals surface area contributed by atoms with E-state index >= 15 is 0 Å². The first-order valence-electron chi connectivity index (χ1n) is 4.82. The second-order valence-electron chi connectivity index (χ2n) is 4.08. The number of phenols is 1. The molecule has 72 valence electrons. The summed E-state index contributed by atoms with van der Waals surface area (Å²) in [5, 5.41) is 9.53. The molecule has 1 heteroatoms. The topological polar surface area (TPSA) is 20.2 Å². The summed E-state index contributed by atoms with van der Waals surface area (Å²) < 4.78 is 0. The zero-order chi connectivity index (χ0) is 10.0. The largest absolute Gasteiger partial charge is 0.508 e. The number of phenolic OH excluding ortho intramolecular Hbond substituents is 1. The minimum Gasteiger partial charge on any atom is -0.508 e. The van der Waals surface area contributed by atoms with Gasteiger partial charge in [-0.1, -0.05) is 32.9 Å². The molecule has 1 nitrogen and oxygen atoms in total. The van der Waals surface area contributed by atoms with Crippen molar-refractivity contribution in [2.75, 3.05) is 0 Å². The molecule has 0 amide bonds. The lowest BCUT2D eigenvalue weighted by Gasteiger charge is -2.16. The third kappa shape index (κ3) is 2.24. The number of aromatic hydroxyl groups is 1. The van der Waals surface area contributed by atoms with Crippen LogP contribution in [0.2, 0.25) is 0 Å². The van der Waals surface area contributed by atoms with Crippen LogP contribution in [0.15, 0.2) is 18.2 Å². The third-order valence-corrected chi connectivity index (χ3v) is 2.76. The second kappa shape index (κ2) is 3.82. The van der Waals surface area contributed by atoms with Crippen LogP contribution in [-0.4, -0.2) is 5.11 Å². The normalized spacial score (nSPS) is 13.3. The van der Waals surface area contributed by atoms with Gasteiger partial charge < -0.3 is 5.11 Å². The maximum absolute atomic E-state index is 9.53. The summed E-state index contributed by atoms with van der Waals surface area (Å²) in [6.07, 6.45) is 0. The van der Waals surface area contributed by atoms with E-state index < -0.39 is 0 Å². The van der Waals surface area contributed by atoms with E-state index in [2.05, 4.69) is 26.8 Å². The van der Waals surface area contributed by atoms with Crippen LogP contribution in [0.5, 0.6) is 5.75 Å². The quantitative estimate of drug-likeness (QED) is 0.735. The number of rotatable bonds is 2.